The summed E-state index contributed by atoms with van der Waals surface area (Å²) in [6.45, 7) is 0. The topological polar surface area (TPSA) is 30.0 Å². The standard InChI is InChI=1S/C12H8INO/c13-10-6-7-14-11(8-10)12(15)9-4-2-1-3-5-9/h1-8H. The molecule has 0 saturated carbocycles. The fourth-order valence-electron chi connectivity index (χ4n) is 1.27. The van der Waals surface area contributed by atoms with Crippen molar-refractivity contribution < 1.29 is 4.79 Å². The van der Waals surface area contributed by atoms with Crippen LogP contribution in [-0.4, -0.2) is 10.8 Å². The zero-order chi connectivity index (χ0) is 10.7. The molecule has 0 atom stereocenters. The molecule has 1 aromatic heterocycles. The highest BCUT2D eigenvalue weighted by molar-refractivity contribution is 14.1. The van der Waals surface area contributed by atoms with Crippen LogP contribution >= 0.6 is 22.6 Å². The number of nitrogens with zero attached hydrogens (tertiary/aromatic N) is 1. The Bertz CT molecular complexity index is 482. The summed E-state index contributed by atoms with van der Waals surface area (Å²) >= 11 is 2.17. The van der Waals surface area contributed by atoms with Crippen molar-refractivity contribution in [2.45, 2.75) is 0 Å². The quantitative estimate of drug-likeness (QED) is 0.631. The van der Waals surface area contributed by atoms with E-state index in [9.17, 15) is 4.79 Å². The van der Waals surface area contributed by atoms with Crippen molar-refractivity contribution in [3.8, 4) is 0 Å². The normalized spacial score (nSPS) is 9.93. The summed E-state index contributed by atoms with van der Waals surface area (Å²) < 4.78 is 1.02. The van der Waals surface area contributed by atoms with E-state index in [0.717, 1.165) is 3.57 Å². The number of ketones is 1. The molecule has 2 nitrogen and oxygen atoms in total. The van der Waals surface area contributed by atoms with Gasteiger partial charge >= 0.3 is 0 Å². The van der Waals surface area contributed by atoms with Crippen LogP contribution in [0.1, 0.15) is 16.1 Å². The molecule has 0 bridgehead atoms. The number of carbonyl (C=O) groups excluding carboxylic acids is 1. The first-order chi connectivity index (χ1) is 7.27. The smallest absolute Gasteiger partial charge is 0.211 e. The number of hydrogen-bond donors (Lipinski definition) is 0. The van der Waals surface area contributed by atoms with E-state index in [1.807, 2.05) is 24.3 Å². The Labute approximate surface area is 101 Å². The van der Waals surface area contributed by atoms with Gasteiger partial charge in [0.1, 0.15) is 5.69 Å². The highest BCUT2D eigenvalue weighted by atomic mass is 127. The van der Waals surface area contributed by atoms with Gasteiger partial charge in [0.2, 0.25) is 5.78 Å². The van der Waals surface area contributed by atoms with Crippen molar-refractivity contribution in [3.63, 3.8) is 0 Å². The number of rotatable bonds is 2. The lowest BCUT2D eigenvalue weighted by molar-refractivity contribution is 0.103. The van der Waals surface area contributed by atoms with Crippen LogP contribution in [0.4, 0.5) is 0 Å². The molecule has 3 heteroatoms. The molecule has 0 aliphatic carbocycles. The number of benzene rings is 1. The van der Waals surface area contributed by atoms with Crippen molar-refractivity contribution >= 4 is 28.4 Å². The van der Waals surface area contributed by atoms with Crippen LogP contribution in [0.25, 0.3) is 0 Å². The lowest BCUT2D eigenvalue weighted by atomic mass is 10.1. The average molecular weight is 309 g/mol. The number of pyridine rings is 1. The summed E-state index contributed by atoms with van der Waals surface area (Å²) in [6.07, 6.45) is 1.65. The Kier molecular flexibility index (Phi) is 3.11. The number of halogens is 1. The molecule has 2 rings (SSSR count). The van der Waals surface area contributed by atoms with Crippen molar-refractivity contribution in [2.24, 2.45) is 0 Å². The molecule has 2 aromatic rings. The van der Waals surface area contributed by atoms with E-state index in [2.05, 4.69) is 27.6 Å². The van der Waals surface area contributed by atoms with Crippen LogP contribution in [0.5, 0.6) is 0 Å². The zero-order valence-corrected chi connectivity index (χ0v) is 10.0. The fraction of sp³-hybridized carbons (Fsp3) is 0. The lowest BCUT2D eigenvalue weighted by Gasteiger charge is -1.99. The van der Waals surface area contributed by atoms with Crippen LogP contribution in [0.15, 0.2) is 48.7 Å². The van der Waals surface area contributed by atoms with Gasteiger partial charge in [0, 0.05) is 15.3 Å². The van der Waals surface area contributed by atoms with Crippen LogP contribution in [0.2, 0.25) is 0 Å². The van der Waals surface area contributed by atoms with Gasteiger partial charge in [-0.25, -0.2) is 0 Å². The molecule has 15 heavy (non-hydrogen) atoms. The molecule has 0 saturated heterocycles. The molecular weight excluding hydrogens is 301 g/mol. The van der Waals surface area contributed by atoms with Crippen molar-refractivity contribution in [1.82, 2.24) is 4.98 Å². The minimum absolute atomic E-state index is 0.0332. The van der Waals surface area contributed by atoms with E-state index in [1.165, 1.54) is 0 Å². The average Bonchev–Trinajstić information content (AvgIpc) is 2.29. The van der Waals surface area contributed by atoms with Gasteiger partial charge in [0.15, 0.2) is 0 Å². The Hall–Kier alpha value is -1.23. The van der Waals surface area contributed by atoms with Gasteiger partial charge in [-0.2, -0.15) is 0 Å². The maximum atomic E-state index is 11.9. The fourth-order valence-corrected chi connectivity index (χ4v) is 1.72. The van der Waals surface area contributed by atoms with Crippen molar-refractivity contribution in [1.29, 1.82) is 0 Å². The third-order valence-electron chi connectivity index (χ3n) is 1.99. The van der Waals surface area contributed by atoms with Gasteiger partial charge in [-0.05, 0) is 34.7 Å². The van der Waals surface area contributed by atoms with Gasteiger partial charge in [-0.15, -0.1) is 0 Å². The molecule has 0 aliphatic rings. The highest BCUT2D eigenvalue weighted by Crippen LogP contribution is 2.10. The van der Waals surface area contributed by atoms with E-state index in [-0.39, 0.29) is 5.78 Å². The van der Waals surface area contributed by atoms with E-state index in [4.69, 9.17) is 0 Å². The summed E-state index contributed by atoms with van der Waals surface area (Å²) in [5.41, 5.74) is 1.17. The molecule has 0 fully saturated rings. The van der Waals surface area contributed by atoms with Gasteiger partial charge in [-0.3, -0.25) is 9.78 Å². The molecule has 0 aliphatic heterocycles. The molecule has 0 N–H and O–H groups in total. The SMILES string of the molecule is O=C(c1ccccc1)c1cc(I)ccn1. The third-order valence-corrected chi connectivity index (χ3v) is 2.66. The molecule has 0 spiro atoms. The molecule has 1 aromatic carbocycles. The van der Waals surface area contributed by atoms with Crippen LogP contribution in [0.3, 0.4) is 0 Å². The monoisotopic (exact) mass is 309 g/mol. The van der Waals surface area contributed by atoms with Crippen molar-refractivity contribution in [2.75, 3.05) is 0 Å². The Morgan fingerprint density at radius 1 is 1.13 bits per heavy atom. The number of hydrogen-bond acceptors (Lipinski definition) is 2. The molecular formula is C12H8INO. The van der Waals surface area contributed by atoms with E-state index < -0.39 is 0 Å². The zero-order valence-electron chi connectivity index (χ0n) is 7.85. The highest BCUT2D eigenvalue weighted by Gasteiger charge is 2.09. The first-order valence-corrected chi connectivity index (χ1v) is 5.56. The van der Waals surface area contributed by atoms with Crippen molar-refractivity contribution in [3.05, 3.63) is 63.5 Å². The molecule has 0 unspecified atom stereocenters. The van der Waals surface area contributed by atoms with Gasteiger partial charge < -0.3 is 0 Å². The summed E-state index contributed by atoms with van der Waals surface area (Å²) in [5, 5.41) is 0. The summed E-state index contributed by atoms with van der Waals surface area (Å²) in [6, 6.07) is 12.8. The minimum atomic E-state index is -0.0332. The van der Waals surface area contributed by atoms with E-state index in [1.54, 1.807) is 24.4 Å². The summed E-state index contributed by atoms with van der Waals surface area (Å²) in [5.74, 6) is -0.0332. The Morgan fingerprint density at radius 3 is 2.53 bits per heavy atom. The third kappa shape index (κ3) is 2.41. The minimum Gasteiger partial charge on any atom is -0.287 e. The second-order valence-electron chi connectivity index (χ2n) is 3.05. The second-order valence-corrected chi connectivity index (χ2v) is 4.30. The first kappa shape index (κ1) is 10.3. The maximum absolute atomic E-state index is 11.9. The van der Waals surface area contributed by atoms with Crippen LogP contribution in [0, 0.1) is 3.57 Å². The Balaban J connectivity index is 2.37. The molecule has 0 radical (unpaired) electrons. The first-order valence-electron chi connectivity index (χ1n) is 4.48. The van der Waals surface area contributed by atoms with E-state index in [0.29, 0.717) is 11.3 Å². The van der Waals surface area contributed by atoms with Gasteiger partial charge in [-0.1, -0.05) is 30.3 Å². The number of carbonyl (C=O) groups is 1. The molecule has 1 heterocycles. The maximum Gasteiger partial charge on any atom is 0.211 e. The van der Waals surface area contributed by atoms with Crippen LogP contribution in [-0.2, 0) is 0 Å². The predicted molar refractivity (Wildman–Crippen MR) is 66.8 cm³/mol. The summed E-state index contributed by atoms with van der Waals surface area (Å²) in [4.78, 5) is 16.0. The van der Waals surface area contributed by atoms with Crippen LogP contribution < -0.4 is 0 Å². The lowest BCUT2D eigenvalue weighted by Crippen LogP contribution is -2.03. The predicted octanol–water partition coefficient (Wildman–Crippen LogP) is 2.92. The van der Waals surface area contributed by atoms with Gasteiger partial charge in [0.25, 0.3) is 0 Å². The largest absolute Gasteiger partial charge is 0.287 e. The number of aromatic nitrogens is 1. The summed E-state index contributed by atoms with van der Waals surface area (Å²) in [7, 11) is 0. The Morgan fingerprint density at radius 2 is 1.87 bits per heavy atom. The molecule has 74 valence electrons. The van der Waals surface area contributed by atoms with E-state index >= 15 is 0 Å². The van der Waals surface area contributed by atoms with Gasteiger partial charge in [0.05, 0.1) is 0 Å². The molecule has 0 amide bonds. The second kappa shape index (κ2) is 4.53.